The SMILES string of the molecule is Cl.O=C(NCCC1CCNC1)c1ccc(F)cc1OC(F)F. The molecule has 0 bridgehead atoms. The van der Waals surface area contributed by atoms with Crippen molar-refractivity contribution in [2.45, 2.75) is 19.5 Å². The Balaban J connectivity index is 0.00000242. The van der Waals surface area contributed by atoms with Crippen molar-refractivity contribution >= 4 is 18.3 Å². The maximum atomic E-state index is 13.1. The monoisotopic (exact) mass is 338 g/mol. The van der Waals surface area contributed by atoms with Crippen molar-refractivity contribution in [1.29, 1.82) is 0 Å². The smallest absolute Gasteiger partial charge is 0.387 e. The number of nitrogens with one attached hydrogen (secondary N) is 2. The molecule has 1 aromatic rings. The normalized spacial score (nSPS) is 17.2. The maximum Gasteiger partial charge on any atom is 0.387 e. The van der Waals surface area contributed by atoms with E-state index in [0.29, 0.717) is 12.5 Å². The molecule has 1 unspecified atom stereocenters. The lowest BCUT2D eigenvalue weighted by Gasteiger charge is -2.12. The van der Waals surface area contributed by atoms with Crippen LogP contribution < -0.4 is 15.4 Å². The number of rotatable bonds is 6. The Labute approximate surface area is 132 Å². The molecular weight excluding hydrogens is 321 g/mol. The molecule has 1 aliphatic heterocycles. The molecule has 0 spiro atoms. The van der Waals surface area contributed by atoms with Crippen molar-refractivity contribution < 1.29 is 22.7 Å². The van der Waals surface area contributed by atoms with Crippen LogP contribution in [0.2, 0.25) is 0 Å². The molecule has 0 aromatic heterocycles. The molecule has 2 rings (SSSR count). The van der Waals surface area contributed by atoms with Crippen LogP contribution >= 0.6 is 12.4 Å². The van der Waals surface area contributed by atoms with Crippen molar-refractivity contribution in [3.05, 3.63) is 29.6 Å². The number of ether oxygens (including phenoxy) is 1. The van der Waals surface area contributed by atoms with Gasteiger partial charge in [0.1, 0.15) is 11.6 Å². The van der Waals surface area contributed by atoms with Gasteiger partial charge in [-0.05, 0) is 44.0 Å². The second kappa shape index (κ2) is 8.85. The van der Waals surface area contributed by atoms with Crippen molar-refractivity contribution in [1.82, 2.24) is 10.6 Å². The summed E-state index contributed by atoms with van der Waals surface area (Å²) < 4.78 is 41.8. The minimum atomic E-state index is -3.11. The van der Waals surface area contributed by atoms with E-state index in [1.54, 1.807) is 0 Å². The van der Waals surface area contributed by atoms with Crippen LogP contribution in [0.15, 0.2) is 18.2 Å². The summed E-state index contributed by atoms with van der Waals surface area (Å²) in [7, 11) is 0. The number of hydrogen-bond acceptors (Lipinski definition) is 3. The van der Waals surface area contributed by atoms with Gasteiger partial charge in [0.05, 0.1) is 5.56 Å². The zero-order valence-electron chi connectivity index (χ0n) is 11.8. The van der Waals surface area contributed by atoms with E-state index in [2.05, 4.69) is 15.4 Å². The summed E-state index contributed by atoms with van der Waals surface area (Å²) in [4.78, 5) is 12.0. The molecule has 2 N–H and O–H groups in total. The Kier molecular flexibility index (Phi) is 7.47. The highest BCUT2D eigenvalue weighted by Gasteiger charge is 2.18. The summed E-state index contributed by atoms with van der Waals surface area (Å²) in [6.07, 6.45) is 1.87. The van der Waals surface area contributed by atoms with Crippen molar-refractivity contribution in [2.75, 3.05) is 19.6 Å². The topological polar surface area (TPSA) is 50.4 Å². The number of hydrogen-bond donors (Lipinski definition) is 2. The third-order valence-electron chi connectivity index (χ3n) is 3.40. The molecule has 1 aromatic carbocycles. The summed E-state index contributed by atoms with van der Waals surface area (Å²) in [6.45, 7) is -0.769. The molecule has 124 valence electrons. The molecule has 8 heteroatoms. The van der Waals surface area contributed by atoms with Crippen LogP contribution in [0.5, 0.6) is 5.75 Å². The van der Waals surface area contributed by atoms with Gasteiger partial charge in [0, 0.05) is 12.6 Å². The van der Waals surface area contributed by atoms with E-state index < -0.39 is 24.1 Å². The van der Waals surface area contributed by atoms with Crippen LogP contribution in [0, 0.1) is 11.7 Å². The second-order valence-corrected chi connectivity index (χ2v) is 4.92. The second-order valence-electron chi connectivity index (χ2n) is 4.92. The molecule has 22 heavy (non-hydrogen) atoms. The van der Waals surface area contributed by atoms with Crippen molar-refractivity contribution in [2.24, 2.45) is 5.92 Å². The van der Waals surface area contributed by atoms with E-state index in [1.807, 2.05) is 0 Å². The van der Waals surface area contributed by atoms with Crippen LogP contribution in [0.1, 0.15) is 23.2 Å². The highest BCUT2D eigenvalue weighted by molar-refractivity contribution is 5.96. The Morgan fingerprint density at radius 2 is 2.23 bits per heavy atom. The van der Waals surface area contributed by atoms with E-state index in [1.165, 1.54) is 0 Å². The fourth-order valence-corrected chi connectivity index (χ4v) is 2.32. The predicted molar refractivity (Wildman–Crippen MR) is 78.2 cm³/mol. The number of benzene rings is 1. The van der Waals surface area contributed by atoms with Gasteiger partial charge >= 0.3 is 6.61 Å². The largest absolute Gasteiger partial charge is 0.434 e. The first kappa shape index (κ1) is 18.6. The zero-order chi connectivity index (χ0) is 15.2. The number of carbonyl (C=O) groups is 1. The average molecular weight is 339 g/mol. The van der Waals surface area contributed by atoms with Crippen LogP contribution in [0.25, 0.3) is 0 Å². The molecule has 0 radical (unpaired) electrons. The van der Waals surface area contributed by atoms with Crippen molar-refractivity contribution in [3.63, 3.8) is 0 Å². The lowest BCUT2D eigenvalue weighted by atomic mass is 10.1. The summed E-state index contributed by atoms with van der Waals surface area (Å²) in [5.41, 5.74) is -0.0961. The Hall–Kier alpha value is -1.47. The Morgan fingerprint density at radius 1 is 1.45 bits per heavy atom. The minimum Gasteiger partial charge on any atom is -0.434 e. The van der Waals surface area contributed by atoms with Crippen LogP contribution in [0.3, 0.4) is 0 Å². The van der Waals surface area contributed by atoms with Gasteiger partial charge in [0.2, 0.25) is 0 Å². The molecule has 4 nitrogen and oxygen atoms in total. The van der Waals surface area contributed by atoms with Crippen LogP contribution in [-0.4, -0.2) is 32.2 Å². The van der Waals surface area contributed by atoms with Gasteiger partial charge in [-0.15, -0.1) is 12.4 Å². The number of amides is 1. The van der Waals surface area contributed by atoms with E-state index in [9.17, 15) is 18.0 Å². The molecule has 1 heterocycles. The third-order valence-corrected chi connectivity index (χ3v) is 3.40. The molecular formula is C14H18ClF3N2O2. The predicted octanol–water partition coefficient (Wildman–Crippen LogP) is 2.58. The average Bonchev–Trinajstić information content (AvgIpc) is 2.91. The number of alkyl halides is 2. The molecule has 1 atom stereocenters. The lowest BCUT2D eigenvalue weighted by molar-refractivity contribution is -0.0503. The van der Waals surface area contributed by atoms with E-state index in [4.69, 9.17) is 0 Å². The standard InChI is InChI=1S/C14H17F3N2O2.ClH/c15-10-1-2-11(12(7-10)21-14(16)17)13(20)19-6-4-9-3-5-18-8-9;/h1-2,7,9,14,18H,3-6,8H2,(H,19,20);1H. The molecule has 0 saturated carbocycles. The summed E-state index contributed by atoms with van der Waals surface area (Å²) in [6, 6.07) is 2.95. The van der Waals surface area contributed by atoms with Crippen molar-refractivity contribution in [3.8, 4) is 5.75 Å². The van der Waals surface area contributed by atoms with E-state index in [-0.39, 0.29) is 18.0 Å². The van der Waals surface area contributed by atoms with Gasteiger partial charge < -0.3 is 15.4 Å². The first-order valence-electron chi connectivity index (χ1n) is 6.79. The van der Waals surface area contributed by atoms with Gasteiger partial charge in [-0.1, -0.05) is 0 Å². The summed E-state index contributed by atoms with van der Waals surface area (Å²) >= 11 is 0. The highest BCUT2D eigenvalue weighted by Crippen LogP contribution is 2.22. The maximum absolute atomic E-state index is 13.1. The quantitative estimate of drug-likeness (QED) is 0.838. The van der Waals surface area contributed by atoms with E-state index >= 15 is 0 Å². The molecule has 1 amide bonds. The van der Waals surface area contributed by atoms with Crippen LogP contribution in [-0.2, 0) is 0 Å². The molecule has 1 aliphatic rings. The Bertz CT molecular complexity index is 497. The zero-order valence-corrected chi connectivity index (χ0v) is 12.6. The van der Waals surface area contributed by atoms with E-state index in [0.717, 1.165) is 44.1 Å². The summed E-state index contributed by atoms with van der Waals surface area (Å²) in [5, 5.41) is 5.87. The van der Waals surface area contributed by atoms with Gasteiger partial charge in [-0.3, -0.25) is 4.79 Å². The third kappa shape index (κ3) is 5.38. The minimum absolute atomic E-state index is 0. The Morgan fingerprint density at radius 3 is 2.86 bits per heavy atom. The van der Waals surface area contributed by atoms with Crippen LogP contribution in [0.4, 0.5) is 13.2 Å². The van der Waals surface area contributed by atoms with Gasteiger partial charge in [-0.2, -0.15) is 8.78 Å². The fraction of sp³-hybridized carbons (Fsp3) is 0.500. The first-order chi connectivity index (χ1) is 10.1. The number of halogens is 4. The van der Waals surface area contributed by atoms with Gasteiger partial charge in [-0.25, -0.2) is 4.39 Å². The fourth-order valence-electron chi connectivity index (χ4n) is 2.32. The van der Waals surface area contributed by atoms with Gasteiger partial charge in [0.25, 0.3) is 5.91 Å². The first-order valence-corrected chi connectivity index (χ1v) is 6.79. The molecule has 0 aliphatic carbocycles. The molecule has 1 saturated heterocycles. The number of carbonyl (C=O) groups excluding carboxylic acids is 1. The molecule has 1 fully saturated rings. The highest BCUT2D eigenvalue weighted by atomic mass is 35.5. The van der Waals surface area contributed by atoms with Gasteiger partial charge in [0.15, 0.2) is 0 Å². The summed E-state index contributed by atoms with van der Waals surface area (Å²) in [5.74, 6) is -1.23. The lowest BCUT2D eigenvalue weighted by Crippen LogP contribution is -2.27.